The number of benzene rings is 1. The van der Waals surface area contributed by atoms with Crippen molar-refractivity contribution < 1.29 is 9.53 Å². The maximum Gasteiger partial charge on any atom is 0.309 e. The smallest absolute Gasteiger partial charge is 0.309 e. The van der Waals surface area contributed by atoms with Gasteiger partial charge in [0.1, 0.15) is 0 Å². The molecular weight excluding hydrogens is 290 g/mol. The van der Waals surface area contributed by atoms with Gasteiger partial charge in [0.2, 0.25) is 0 Å². The first-order valence-electron chi connectivity index (χ1n) is 7.60. The Balaban J connectivity index is 1.65. The Morgan fingerprint density at radius 1 is 1.26 bits per heavy atom. The molecule has 0 spiro atoms. The summed E-state index contributed by atoms with van der Waals surface area (Å²) in [4.78, 5) is 11.2. The van der Waals surface area contributed by atoms with Crippen LogP contribution in [-0.2, 0) is 16.0 Å². The Hall–Kier alpha value is -2.82. The van der Waals surface area contributed by atoms with Crippen molar-refractivity contribution in [3.63, 3.8) is 0 Å². The fraction of sp³-hybridized carbons (Fsp3) is 0.222. The lowest BCUT2D eigenvalue weighted by atomic mass is 10.1. The Morgan fingerprint density at radius 3 is 2.78 bits per heavy atom. The number of aromatic nitrogens is 2. The molecule has 0 saturated carbocycles. The Labute approximate surface area is 135 Å². The van der Waals surface area contributed by atoms with Gasteiger partial charge >= 0.3 is 5.97 Å². The molecule has 2 aromatic rings. The van der Waals surface area contributed by atoms with Crippen LogP contribution < -0.4 is 5.32 Å². The van der Waals surface area contributed by atoms with E-state index >= 15 is 0 Å². The average Bonchev–Trinajstić information content (AvgIpc) is 3.06. The summed E-state index contributed by atoms with van der Waals surface area (Å²) >= 11 is 0. The van der Waals surface area contributed by atoms with Gasteiger partial charge in [0.05, 0.1) is 19.2 Å². The van der Waals surface area contributed by atoms with E-state index in [1.54, 1.807) is 0 Å². The molecule has 0 fully saturated rings. The summed E-state index contributed by atoms with van der Waals surface area (Å²) < 4.78 is 6.53. The van der Waals surface area contributed by atoms with Crippen molar-refractivity contribution in [3.8, 4) is 0 Å². The van der Waals surface area contributed by atoms with Crippen LogP contribution in [0.15, 0.2) is 54.8 Å². The number of carbonyl (C=O) groups is 1. The molecule has 5 nitrogen and oxygen atoms in total. The first kappa shape index (κ1) is 15.1. The highest BCUT2D eigenvalue weighted by Crippen LogP contribution is 2.19. The van der Waals surface area contributed by atoms with Crippen molar-refractivity contribution in [2.75, 3.05) is 12.4 Å². The molecule has 0 bridgehead atoms. The van der Waals surface area contributed by atoms with Crippen LogP contribution in [0.3, 0.4) is 0 Å². The molecule has 23 heavy (non-hydrogen) atoms. The van der Waals surface area contributed by atoms with E-state index < -0.39 is 0 Å². The second-order valence-electron chi connectivity index (χ2n) is 5.33. The average molecular weight is 309 g/mol. The van der Waals surface area contributed by atoms with Crippen molar-refractivity contribution in [2.45, 2.75) is 19.3 Å². The van der Waals surface area contributed by atoms with Crippen molar-refractivity contribution in [3.05, 3.63) is 60.3 Å². The largest absolute Gasteiger partial charge is 0.469 e. The predicted molar refractivity (Wildman–Crippen MR) is 90.3 cm³/mol. The van der Waals surface area contributed by atoms with Gasteiger partial charge < -0.3 is 10.1 Å². The SMILES string of the molecule is COC(=O)Cc1ccc(Nc2ccn(C3=CCCC=C3)n2)cc1. The number of nitrogens with zero attached hydrogens (tertiary/aromatic N) is 2. The van der Waals surface area contributed by atoms with E-state index in [2.05, 4.69) is 33.4 Å². The number of rotatable bonds is 5. The third-order valence-corrected chi connectivity index (χ3v) is 3.63. The van der Waals surface area contributed by atoms with Crippen LogP contribution in [-0.4, -0.2) is 22.9 Å². The van der Waals surface area contributed by atoms with Crippen LogP contribution in [0.1, 0.15) is 18.4 Å². The lowest BCUT2D eigenvalue weighted by molar-refractivity contribution is -0.139. The number of hydrogen-bond acceptors (Lipinski definition) is 4. The van der Waals surface area contributed by atoms with Crippen LogP contribution in [0.5, 0.6) is 0 Å². The van der Waals surface area contributed by atoms with Gasteiger partial charge in [0.15, 0.2) is 5.82 Å². The first-order valence-corrected chi connectivity index (χ1v) is 7.60. The highest BCUT2D eigenvalue weighted by atomic mass is 16.5. The summed E-state index contributed by atoms with van der Waals surface area (Å²) in [6.45, 7) is 0. The van der Waals surface area contributed by atoms with Gasteiger partial charge in [-0.2, -0.15) is 5.10 Å². The number of esters is 1. The van der Waals surface area contributed by atoms with Crippen LogP contribution >= 0.6 is 0 Å². The quantitative estimate of drug-likeness (QED) is 0.858. The highest BCUT2D eigenvalue weighted by molar-refractivity contribution is 5.72. The van der Waals surface area contributed by atoms with Crippen molar-refractivity contribution in [1.82, 2.24) is 9.78 Å². The minimum atomic E-state index is -0.238. The minimum absolute atomic E-state index is 0.238. The fourth-order valence-corrected chi connectivity index (χ4v) is 2.40. The van der Waals surface area contributed by atoms with E-state index in [9.17, 15) is 4.79 Å². The molecule has 1 aromatic heterocycles. The number of anilines is 2. The molecule has 0 radical (unpaired) electrons. The number of hydrogen-bond donors (Lipinski definition) is 1. The molecule has 0 unspecified atom stereocenters. The van der Waals surface area contributed by atoms with Gasteiger partial charge in [0.25, 0.3) is 0 Å². The fourth-order valence-electron chi connectivity index (χ4n) is 2.40. The first-order chi connectivity index (χ1) is 11.2. The van der Waals surface area contributed by atoms with Crippen LogP contribution in [0.4, 0.5) is 11.5 Å². The van der Waals surface area contributed by atoms with Crippen molar-refractivity contribution in [1.29, 1.82) is 0 Å². The number of allylic oxidation sites excluding steroid dienone is 4. The van der Waals surface area contributed by atoms with E-state index in [4.69, 9.17) is 0 Å². The third-order valence-electron chi connectivity index (χ3n) is 3.63. The molecule has 118 valence electrons. The van der Waals surface area contributed by atoms with Gasteiger partial charge in [-0.05, 0) is 36.6 Å². The normalized spacial score (nSPS) is 13.5. The molecule has 3 rings (SSSR count). The Kier molecular flexibility index (Phi) is 4.57. The molecule has 5 heteroatoms. The lowest BCUT2D eigenvalue weighted by Crippen LogP contribution is -2.04. The summed E-state index contributed by atoms with van der Waals surface area (Å²) in [5, 5.41) is 7.78. The van der Waals surface area contributed by atoms with Crippen molar-refractivity contribution >= 4 is 23.2 Å². The zero-order chi connectivity index (χ0) is 16.1. The summed E-state index contributed by atoms with van der Waals surface area (Å²) in [6, 6.07) is 9.60. The molecule has 1 heterocycles. The second-order valence-corrected chi connectivity index (χ2v) is 5.33. The van der Waals surface area contributed by atoms with E-state index in [1.807, 2.05) is 41.2 Å². The topological polar surface area (TPSA) is 56.1 Å². The summed E-state index contributed by atoms with van der Waals surface area (Å²) in [5.41, 5.74) is 2.94. The van der Waals surface area contributed by atoms with Gasteiger partial charge in [-0.25, -0.2) is 4.68 Å². The summed E-state index contributed by atoms with van der Waals surface area (Å²) in [6.07, 6.45) is 10.8. The molecule has 0 amide bonds. The Morgan fingerprint density at radius 2 is 2.09 bits per heavy atom. The molecule has 0 atom stereocenters. The second kappa shape index (κ2) is 6.96. The highest BCUT2D eigenvalue weighted by Gasteiger charge is 2.05. The van der Waals surface area contributed by atoms with Crippen LogP contribution in [0, 0.1) is 0 Å². The standard InChI is InChI=1S/C18H19N3O2/c1-23-18(22)13-14-7-9-15(10-8-14)19-17-11-12-21(20-17)16-5-3-2-4-6-16/h3,5-12H,2,4,13H2,1H3,(H,19,20). The number of carbonyl (C=O) groups excluding carboxylic acids is 1. The zero-order valence-corrected chi connectivity index (χ0v) is 13.0. The lowest BCUT2D eigenvalue weighted by Gasteiger charge is -2.07. The summed E-state index contributed by atoms with van der Waals surface area (Å²) in [5.74, 6) is 0.545. The summed E-state index contributed by atoms with van der Waals surface area (Å²) in [7, 11) is 1.39. The minimum Gasteiger partial charge on any atom is -0.469 e. The monoisotopic (exact) mass is 309 g/mol. The predicted octanol–water partition coefficient (Wildman–Crippen LogP) is 3.53. The van der Waals surface area contributed by atoms with Gasteiger partial charge in [-0.1, -0.05) is 24.3 Å². The Bertz CT molecular complexity index is 742. The molecule has 0 aliphatic heterocycles. The maximum absolute atomic E-state index is 11.2. The molecule has 1 aliphatic carbocycles. The van der Waals surface area contributed by atoms with E-state index in [-0.39, 0.29) is 12.4 Å². The van der Waals surface area contributed by atoms with Crippen LogP contribution in [0.2, 0.25) is 0 Å². The number of ether oxygens (including phenoxy) is 1. The maximum atomic E-state index is 11.2. The molecule has 1 aliphatic rings. The van der Waals surface area contributed by atoms with Gasteiger partial charge in [-0.3, -0.25) is 4.79 Å². The molecule has 1 aromatic carbocycles. The van der Waals surface area contributed by atoms with Gasteiger partial charge in [0, 0.05) is 18.0 Å². The van der Waals surface area contributed by atoms with E-state index in [1.165, 1.54) is 7.11 Å². The zero-order valence-electron chi connectivity index (χ0n) is 13.0. The van der Waals surface area contributed by atoms with E-state index in [0.717, 1.165) is 35.6 Å². The molecular formula is C18H19N3O2. The number of methoxy groups -OCH3 is 1. The molecule has 0 saturated heterocycles. The number of nitrogens with one attached hydrogen (secondary N) is 1. The van der Waals surface area contributed by atoms with E-state index in [0.29, 0.717) is 0 Å². The van der Waals surface area contributed by atoms with Gasteiger partial charge in [-0.15, -0.1) is 0 Å². The van der Waals surface area contributed by atoms with Crippen LogP contribution in [0.25, 0.3) is 5.70 Å². The molecule has 1 N–H and O–H groups in total. The third kappa shape index (κ3) is 3.88. The van der Waals surface area contributed by atoms with Crippen molar-refractivity contribution in [2.24, 2.45) is 0 Å².